The molecule has 0 unspecified atom stereocenters. The van der Waals surface area contributed by atoms with Crippen LogP contribution in [0.3, 0.4) is 0 Å². The zero-order valence-corrected chi connectivity index (χ0v) is 9.05. The Balaban J connectivity index is 2.63. The molecule has 0 radical (unpaired) electrons. The van der Waals surface area contributed by atoms with E-state index in [1.54, 1.807) is 6.92 Å². The number of amides is 1. The van der Waals surface area contributed by atoms with Crippen LogP contribution in [-0.2, 0) is 4.79 Å². The van der Waals surface area contributed by atoms with Gasteiger partial charge in [-0.1, -0.05) is 19.3 Å². The summed E-state index contributed by atoms with van der Waals surface area (Å²) in [5, 5.41) is 12.0. The molecule has 1 aliphatic rings. The third-order valence-corrected chi connectivity index (χ3v) is 2.76. The highest BCUT2D eigenvalue weighted by molar-refractivity contribution is 5.96. The topological polar surface area (TPSA) is 78.9 Å². The van der Waals surface area contributed by atoms with Crippen molar-refractivity contribution < 1.29 is 4.79 Å². The Bertz CT molecular complexity index is 308. The quantitative estimate of drug-likeness (QED) is 0.539. The molecule has 3 N–H and O–H groups in total. The first-order valence-electron chi connectivity index (χ1n) is 5.32. The Kier molecular flexibility index (Phi) is 4.17. The molecule has 0 aliphatic heterocycles. The molecule has 1 saturated carbocycles. The summed E-state index contributed by atoms with van der Waals surface area (Å²) >= 11 is 0. The molecular weight excluding hydrogens is 190 g/mol. The van der Waals surface area contributed by atoms with E-state index >= 15 is 0 Å². The van der Waals surface area contributed by atoms with Gasteiger partial charge in [-0.15, -0.1) is 0 Å². The number of nitrogens with one attached hydrogen (secondary N) is 1. The van der Waals surface area contributed by atoms with Gasteiger partial charge in [0, 0.05) is 11.7 Å². The number of nitrogens with two attached hydrogens (primary N) is 1. The van der Waals surface area contributed by atoms with Crippen molar-refractivity contribution in [3.8, 4) is 6.07 Å². The predicted octanol–water partition coefficient (Wildman–Crippen LogP) is 1.19. The minimum atomic E-state index is -0.654. The van der Waals surface area contributed by atoms with Crippen molar-refractivity contribution in [3.63, 3.8) is 0 Å². The van der Waals surface area contributed by atoms with E-state index in [1.807, 2.05) is 6.07 Å². The monoisotopic (exact) mass is 207 g/mol. The molecule has 1 aliphatic carbocycles. The lowest BCUT2D eigenvalue weighted by atomic mass is 9.95. The van der Waals surface area contributed by atoms with Crippen molar-refractivity contribution >= 4 is 5.91 Å². The number of nitriles is 1. The van der Waals surface area contributed by atoms with Crippen molar-refractivity contribution in [2.24, 2.45) is 5.73 Å². The fourth-order valence-corrected chi connectivity index (χ4v) is 1.95. The SMILES string of the molecule is C/C(NC1CCCCC1)=C(/C#N)C(N)=O. The van der Waals surface area contributed by atoms with Crippen LogP contribution >= 0.6 is 0 Å². The Morgan fingerprint density at radius 2 is 2.00 bits per heavy atom. The van der Waals surface area contributed by atoms with E-state index in [4.69, 9.17) is 11.0 Å². The lowest BCUT2D eigenvalue weighted by Gasteiger charge is -2.24. The number of hydrogen-bond acceptors (Lipinski definition) is 3. The number of rotatable bonds is 3. The Hall–Kier alpha value is -1.50. The van der Waals surface area contributed by atoms with Crippen LogP contribution in [0, 0.1) is 11.3 Å². The molecule has 0 saturated heterocycles. The molecule has 0 atom stereocenters. The van der Waals surface area contributed by atoms with Gasteiger partial charge in [-0.3, -0.25) is 4.79 Å². The third-order valence-electron chi connectivity index (χ3n) is 2.76. The van der Waals surface area contributed by atoms with Crippen LogP contribution in [-0.4, -0.2) is 11.9 Å². The van der Waals surface area contributed by atoms with Gasteiger partial charge in [0.25, 0.3) is 5.91 Å². The molecule has 0 spiro atoms. The summed E-state index contributed by atoms with van der Waals surface area (Å²) in [6, 6.07) is 2.22. The average molecular weight is 207 g/mol. The maximum absolute atomic E-state index is 10.9. The van der Waals surface area contributed by atoms with Gasteiger partial charge in [-0.2, -0.15) is 5.26 Å². The molecular formula is C11H17N3O. The second kappa shape index (κ2) is 5.40. The molecule has 0 aromatic rings. The highest BCUT2D eigenvalue weighted by Gasteiger charge is 2.15. The van der Waals surface area contributed by atoms with Gasteiger partial charge in [-0.25, -0.2) is 0 Å². The second-order valence-corrected chi connectivity index (χ2v) is 3.96. The van der Waals surface area contributed by atoms with Crippen molar-refractivity contribution in [1.82, 2.24) is 5.32 Å². The zero-order valence-electron chi connectivity index (χ0n) is 9.05. The van der Waals surface area contributed by atoms with E-state index < -0.39 is 5.91 Å². The first-order valence-corrected chi connectivity index (χ1v) is 5.32. The van der Waals surface area contributed by atoms with Crippen molar-refractivity contribution in [2.75, 3.05) is 0 Å². The molecule has 0 bridgehead atoms. The normalized spacial score (nSPS) is 18.9. The van der Waals surface area contributed by atoms with Gasteiger partial charge in [0.15, 0.2) is 0 Å². The van der Waals surface area contributed by atoms with E-state index in [0.717, 1.165) is 12.8 Å². The van der Waals surface area contributed by atoms with Crippen LogP contribution in [0.25, 0.3) is 0 Å². The van der Waals surface area contributed by atoms with Crippen LogP contribution < -0.4 is 11.1 Å². The molecule has 1 fully saturated rings. The van der Waals surface area contributed by atoms with Crippen molar-refractivity contribution in [2.45, 2.75) is 45.1 Å². The van der Waals surface area contributed by atoms with Gasteiger partial charge >= 0.3 is 0 Å². The molecule has 1 amide bonds. The number of carbonyl (C=O) groups is 1. The molecule has 0 aromatic heterocycles. The van der Waals surface area contributed by atoms with Gasteiger partial charge < -0.3 is 11.1 Å². The second-order valence-electron chi connectivity index (χ2n) is 3.96. The molecule has 82 valence electrons. The van der Waals surface area contributed by atoms with Crippen LogP contribution in [0.5, 0.6) is 0 Å². The minimum Gasteiger partial charge on any atom is -0.385 e. The van der Waals surface area contributed by atoms with E-state index in [2.05, 4.69) is 5.32 Å². The summed E-state index contributed by atoms with van der Waals surface area (Å²) in [7, 11) is 0. The zero-order chi connectivity index (χ0) is 11.3. The highest BCUT2D eigenvalue weighted by Crippen LogP contribution is 2.18. The fraction of sp³-hybridized carbons (Fsp3) is 0.636. The van der Waals surface area contributed by atoms with Gasteiger partial charge in [-0.05, 0) is 19.8 Å². The minimum absolute atomic E-state index is 0.0422. The first kappa shape index (κ1) is 11.6. The highest BCUT2D eigenvalue weighted by atomic mass is 16.1. The summed E-state index contributed by atoms with van der Waals surface area (Å²) in [5.74, 6) is -0.654. The first-order chi connectivity index (χ1) is 7.15. The standard InChI is InChI=1S/C11H17N3O/c1-8(10(7-12)11(13)15)14-9-5-3-2-4-6-9/h9,14H,2-6H2,1H3,(H2,13,15)/b10-8+. The van der Waals surface area contributed by atoms with Crippen molar-refractivity contribution in [1.29, 1.82) is 5.26 Å². The summed E-state index contributed by atoms with van der Waals surface area (Å²) in [6.07, 6.45) is 5.91. The maximum atomic E-state index is 10.9. The number of primary amides is 1. The van der Waals surface area contributed by atoms with E-state index in [1.165, 1.54) is 19.3 Å². The average Bonchev–Trinajstić information content (AvgIpc) is 2.19. The Morgan fingerprint density at radius 1 is 1.40 bits per heavy atom. The van der Waals surface area contributed by atoms with Gasteiger partial charge in [0.1, 0.15) is 11.6 Å². The van der Waals surface area contributed by atoms with Crippen molar-refractivity contribution in [3.05, 3.63) is 11.3 Å². The van der Waals surface area contributed by atoms with Gasteiger partial charge in [0.2, 0.25) is 0 Å². The molecule has 15 heavy (non-hydrogen) atoms. The molecule has 0 heterocycles. The largest absolute Gasteiger partial charge is 0.385 e. The third kappa shape index (κ3) is 3.28. The fourth-order valence-electron chi connectivity index (χ4n) is 1.95. The number of nitrogens with zero attached hydrogens (tertiary/aromatic N) is 1. The van der Waals surface area contributed by atoms with Crippen LogP contribution in [0.1, 0.15) is 39.0 Å². The number of allylic oxidation sites excluding steroid dienone is 1. The number of hydrogen-bond donors (Lipinski definition) is 2. The summed E-state index contributed by atoms with van der Waals surface area (Å²) in [4.78, 5) is 10.9. The smallest absolute Gasteiger partial charge is 0.261 e. The predicted molar refractivity (Wildman–Crippen MR) is 57.5 cm³/mol. The van der Waals surface area contributed by atoms with E-state index in [9.17, 15) is 4.79 Å². The molecule has 0 aromatic carbocycles. The maximum Gasteiger partial charge on any atom is 0.261 e. The van der Waals surface area contributed by atoms with E-state index in [-0.39, 0.29) is 5.57 Å². The Morgan fingerprint density at radius 3 is 2.47 bits per heavy atom. The lowest BCUT2D eigenvalue weighted by molar-refractivity contribution is -0.114. The Labute approximate surface area is 90.1 Å². The summed E-state index contributed by atoms with van der Waals surface area (Å²) in [5.41, 5.74) is 5.74. The van der Waals surface area contributed by atoms with Crippen LogP contribution in [0.4, 0.5) is 0 Å². The lowest BCUT2D eigenvalue weighted by Crippen LogP contribution is -2.31. The van der Waals surface area contributed by atoms with E-state index in [0.29, 0.717) is 11.7 Å². The van der Waals surface area contributed by atoms with Crippen LogP contribution in [0.15, 0.2) is 11.3 Å². The summed E-state index contributed by atoms with van der Waals surface area (Å²) < 4.78 is 0. The molecule has 1 rings (SSSR count). The summed E-state index contributed by atoms with van der Waals surface area (Å²) in [6.45, 7) is 1.73. The number of carbonyl (C=O) groups excluding carboxylic acids is 1. The molecule has 4 nitrogen and oxygen atoms in total. The molecule has 4 heteroatoms. The van der Waals surface area contributed by atoms with Crippen LogP contribution in [0.2, 0.25) is 0 Å². The van der Waals surface area contributed by atoms with Gasteiger partial charge in [0.05, 0.1) is 0 Å².